The van der Waals surface area contributed by atoms with Gasteiger partial charge in [-0.3, -0.25) is 4.79 Å². The molecule has 152 valence electrons. The van der Waals surface area contributed by atoms with E-state index in [0.717, 1.165) is 16.8 Å². The number of amides is 1. The number of nitrogens with zero attached hydrogens (tertiary/aromatic N) is 3. The molecule has 0 fully saturated rings. The molecule has 0 saturated carbocycles. The Balaban J connectivity index is 1.72. The maximum Gasteiger partial charge on any atom is 0.234 e. The quantitative estimate of drug-likeness (QED) is 0.441. The third kappa shape index (κ3) is 5.13. The summed E-state index contributed by atoms with van der Waals surface area (Å²) < 4.78 is 1.96. The van der Waals surface area contributed by atoms with Crippen LogP contribution in [0.4, 0.5) is 5.69 Å². The lowest BCUT2D eigenvalue weighted by molar-refractivity contribution is -0.113. The van der Waals surface area contributed by atoms with E-state index >= 15 is 0 Å². The van der Waals surface area contributed by atoms with Gasteiger partial charge in [-0.25, -0.2) is 0 Å². The van der Waals surface area contributed by atoms with Crippen molar-refractivity contribution in [3.05, 3.63) is 58.1 Å². The minimum absolute atomic E-state index is 0.0789. The predicted molar refractivity (Wildman–Crippen MR) is 121 cm³/mol. The Bertz CT molecular complexity index is 1020. The number of hydrogen-bond acceptors (Lipinski definition) is 4. The molecule has 29 heavy (non-hydrogen) atoms. The van der Waals surface area contributed by atoms with Gasteiger partial charge in [0.05, 0.1) is 15.8 Å². The Kier molecular flexibility index (Phi) is 7.22. The van der Waals surface area contributed by atoms with E-state index in [1.807, 2.05) is 41.8 Å². The lowest BCUT2D eigenvalue weighted by Crippen LogP contribution is -2.16. The number of nitrogens with one attached hydrogen (secondary N) is 1. The number of hydrogen-bond donors (Lipinski definition) is 1. The summed E-state index contributed by atoms with van der Waals surface area (Å²) in [6.45, 7) is 6.89. The summed E-state index contributed by atoms with van der Waals surface area (Å²) in [6, 6.07) is 13.2. The third-order valence-electron chi connectivity index (χ3n) is 4.40. The van der Waals surface area contributed by atoms with E-state index < -0.39 is 0 Å². The van der Waals surface area contributed by atoms with Crippen molar-refractivity contribution in [2.24, 2.45) is 0 Å². The maximum atomic E-state index is 12.5. The molecule has 1 aromatic heterocycles. The number of anilines is 1. The Hall–Kier alpha value is -2.02. The topological polar surface area (TPSA) is 59.8 Å². The van der Waals surface area contributed by atoms with Crippen molar-refractivity contribution in [3.8, 4) is 11.4 Å². The Morgan fingerprint density at radius 3 is 2.59 bits per heavy atom. The van der Waals surface area contributed by atoms with Gasteiger partial charge in [-0.15, -0.1) is 10.2 Å². The fourth-order valence-electron chi connectivity index (χ4n) is 2.96. The summed E-state index contributed by atoms with van der Waals surface area (Å²) in [5.41, 5.74) is 2.79. The molecule has 0 aliphatic rings. The first kappa shape index (κ1) is 21.7. The molecule has 0 bridgehead atoms. The SMILES string of the molecule is CCn1c(SCC(=O)Nc2ccccc2C(C)C)nnc1-c1ccc(Cl)c(Cl)c1. The highest BCUT2D eigenvalue weighted by atomic mass is 35.5. The minimum atomic E-state index is -0.0789. The lowest BCUT2D eigenvalue weighted by atomic mass is 10.0. The summed E-state index contributed by atoms with van der Waals surface area (Å²) in [6.07, 6.45) is 0. The average Bonchev–Trinajstić information content (AvgIpc) is 3.11. The van der Waals surface area contributed by atoms with Crippen LogP contribution < -0.4 is 5.32 Å². The Labute approximate surface area is 184 Å². The van der Waals surface area contributed by atoms with Crippen molar-refractivity contribution in [2.75, 3.05) is 11.1 Å². The van der Waals surface area contributed by atoms with Crippen molar-refractivity contribution in [2.45, 2.75) is 38.4 Å². The number of para-hydroxylation sites is 1. The number of thioether (sulfide) groups is 1. The smallest absolute Gasteiger partial charge is 0.234 e. The number of rotatable bonds is 7. The highest BCUT2D eigenvalue weighted by Gasteiger charge is 2.16. The number of benzene rings is 2. The van der Waals surface area contributed by atoms with E-state index in [2.05, 4.69) is 29.4 Å². The van der Waals surface area contributed by atoms with Crippen LogP contribution in [0.25, 0.3) is 11.4 Å². The highest BCUT2D eigenvalue weighted by Crippen LogP contribution is 2.30. The molecule has 8 heteroatoms. The van der Waals surface area contributed by atoms with E-state index in [4.69, 9.17) is 23.2 Å². The van der Waals surface area contributed by atoms with E-state index in [0.29, 0.717) is 33.5 Å². The number of halogens is 2. The molecule has 1 amide bonds. The maximum absolute atomic E-state index is 12.5. The van der Waals surface area contributed by atoms with Gasteiger partial charge in [0, 0.05) is 17.8 Å². The van der Waals surface area contributed by atoms with Crippen LogP contribution in [0, 0.1) is 0 Å². The summed E-state index contributed by atoms with van der Waals surface area (Å²) in [4.78, 5) is 12.5. The first-order valence-corrected chi connectivity index (χ1v) is 11.0. The van der Waals surface area contributed by atoms with Crippen molar-refractivity contribution in [1.82, 2.24) is 14.8 Å². The van der Waals surface area contributed by atoms with Crippen LogP contribution >= 0.6 is 35.0 Å². The van der Waals surface area contributed by atoms with Gasteiger partial charge in [0.2, 0.25) is 5.91 Å². The largest absolute Gasteiger partial charge is 0.325 e. The first-order valence-electron chi connectivity index (χ1n) is 9.30. The molecule has 0 spiro atoms. The Morgan fingerprint density at radius 1 is 1.14 bits per heavy atom. The average molecular weight is 449 g/mol. The van der Waals surface area contributed by atoms with Gasteiger partial charge in [-0.2, -0.15) is 0 Å². The first-order chi connectivity index (χ1) is 13.9. The lowest BCUT2D eigenvalue weighted by Gasteiger charge is -2.13. The summed E-state index contributed by atoms with van der Waals surface area (Å²) in [7, 11) is 0. The molecule has 3 rings (SSSR count). The molecule has 0 atom stereocenters. The summed E-state index contributed by atoms with van der Waals surface area (Å²) in [5, 5.41) is 13.2. The molecule has 0 radical (unpaired) electrons. The molecule has 0 aliphatic carbocycles. The van der Waals surface area contributed by atoms with Crippen LogP contribution in [-0.4, -0.2) is 26.4 Å². The van der Waals surface area contributed by atoms with Crippen LogP contribution in [0.3, 0.4) is 0 Å². The molecule has 0 saturated heterocycles. The molecule has 0 aliphatic heterocycles. The van der Waals surface area contributed by atoms with E-state index in [1.54, 1.807) is 12.1 Å². The van der Waals surface area contributed by atoms with Gasteiger partial charge in [0.15, 0.2) is 11.0 Å². The third-order valence-corrected chi connectivity index (χ3v) is 6.11. The van der Waals surface area contributed by atoms with Gasteiger partial charge < -0.3 is 9.88 Å². The van der Waals surface area contributed by atoms with Crippen LogP contribution in [0.15, 0.2) is 47.6 Å². The van der Waals surface area contributed by atoms with Crippen molar-refractivity contribution < 1.29 is 4.79 Å². The number of aromatic nitrogens is 3. The molecule has 1 N–H and O–H groups in total. The second-order valence-corrected chi connectivity index (χ2v) is 8.52. The van der Waals surface area contributed by atoms with Crippen molar-refractivity contribution >= 4 is 46.6 Å². The highest BCUT2D eigenvalue weighted by molar-refractivity contribution is 7.99. The van der Waals surface area contributed by atoms with Crippen molar-refractivity contribution in [3.63, 3.8) is 0 Å². The van der Waals surface area contributed by atoms with Crippen LogP contribution in [0.1, 0.15) is 32.3 Å². The summed E-state index contributed by atoms with van der Waals surface area (Å²) >= 11 is 13.5. The van der Waals surface area contributed by atoms with Gasteiger partial charge >= 0.3 is 0 Å². The van der Waals surface area contributed by atoms with Gasteiger partial charge in [-0.1, -0.05) is 67.0 Å². The molecule has 0 unspecified atom stereocenters. The molecule has 2 aromatic carbocycles. The van der Waals surface area contributed by atoms with Crippen LogP contribution in [0.5, 0.6) is 0 Å². The minimum Gasteiger partial charge on any atom is -0.325 e. The van der Waals surface area contributed by atoms with E-state index in [1.165, 1.54) is 11.8 Å². The zero-order valence-electron chi connectivity index (χ0n) is 16.4. The van der Waals surface area contributed by atoms with Crippen LogP contribution in [0.2, 0.25) is 10.0 Å². The summed E-state index contributed by atoms with van der Waals surface area (Å²) in [5.74, 6) is 1.19. The van der Waals surface area contributed by atoms with Crippen LogP contribution in [-0.2, 0) is 11.3 Å². The normalized spacial score (nSPS) is 11.1. The van der Waals surface area contributed by atoms with Crippen molar-refractivity contribution in [1.29, 1.82) is 0 Å². The van der Waals surface area contributed by atoms with E-state index in [-0.39, 0.29) is 11.7 Å². The molecule has 3 aromatic rings. The van der Waals surface area contributed by atoms with Gasteiger partial charge in [-0.05, 0) is 42.7 Å². The van der Waals surface area contributed by atoms with E-state index in [9.17, 15) is 4.79 Å². The molecule has 5 nitrogen and oxygen atoms in total. The zero-order chi connectivity index (χ0) is 21.0. The Morgan fingerprint density at radius 2 is 1.90 bits per heavy atom. The monoisotopic (exact) mass is 448 g/mol. The predicted octanol–water partition coefficient (Wildman–Crippen LogP) is 6.13. The zero-order valence-corrected chi connectivity index (χ0v) is 18.8. The number of carbonyl (C=O) groups excluding carboxylic acids is 1. The molecular formula is C21H22Cl2N4OS. The fraction of sp³-hybridized carbons (Fsp3) is 0.286. The second kappa shape index (κ2) is 9.65. The standard InChI is InChI=1S/C21H22Cl2N4OS/c1-4-27-20(14-9-10-16(22)17(23)11-14)25-26-21(27)29-12-19(28)24-18-8-6-5-7-15(18)13(2)3/h5-11,13H,4,12H2,1-3H3,(H,24,28). The fourth-order valence-corrected chi connectivity index (χ4v) is 4.06. The number of carbonyl (C=O) groups is 1. The van der Waals surface area contributed by atoms with Gasteiger partial charge in [0.1, 0.15) is 0 Å². The molecular weight excluding hydrogens is 427 g/mol. The second-order valence-electron chi connectivity index (χ2n) is 6.76. The molecule has 1 heterocycles. The van der Waals surface area contributed by atoms with Gasteiger partial charge in [0.25, 0.3) is 0 Å².